The molecule has 0 unspecified atom stereocenters. The molecule has 5 aromatic rings. The Balaban J connectivity index is 1.30. The summed E-state index contributed by atoms with van der Waals surface area (Å²) in [6.45, 7) is 3.11. The largest absolute Gasteiger partial charge is 0.497 e. The Labute approximate surface area is 380 Å². The molecule has 0 bridgehead atoms. The van der Waals surface area contributed by atoms with Crippen molar-refractivity contribution in [2.75, 3.05) is 30.9 Å². The van der Waals surface area contributed by atoms with Crippen LogP contribution < -0.4 is 24.4 Å². The molecule has 0 aliphatic heterocycles. The molecule has 19 heteroatoms. The van der Waals surface area contributed by atoms with Gasteiger partial charge in [-0.25, -0.2) is 31.9 Å². The highest BCUT2D eigenvalue weighted by molar-refractivity contribution is 7.92. The van der Waals surface area contributed by atoms with Crippen LogP contribution in [0.25, 0.3) is 0 Å². The number of sulfonamides is 1. The van der Waals surface area contributed by atoms with E-state index in [1.54, 1.807) is 62.4 Å². The van der Waals surface area contributed by atoms with Gasteiger partial charge in [0.15, 0.2) is 0 Å². The molecule has 0 saturated heterocycles. The predicted molar refractivity (Wildman–Crippen MR) is 237 cm³/mol. The number of aromatic nitrogens is 2. The number of ether oxygens (including phenoxy) is 3. The molecule has 346 valence electrons. The Morgan fingerprint density at radius 3 is 2.37 bits per heavy atom. The van der Waals surface area contributed by atoms with Crippen LogP contribution in [0.15, 0.2) is 108 Å². The van der Waals surface area contributed by atoms with Gasteiger partial charge in [0.25, 0.3) is 10.0 Å². The number of nitrogens with zero attached hydrogens (tertiary/aromatic N) is 4. The number of alkyl halides is 3. The first-order chi connectivity index (χ1) is 30.9. The van der Waals surface area contributed by atoms with E-state index < -0.39 is 74.4 Å². The second-order valence-electron chi connectivity index (χ2n) is 15.8. The third-order valence-electron chi connectivity index (χ3n) is 11.3. The first-order valence-corrected chi connectivity index (χ1v) is 22.4. The fourth-order valence-electron chi connectivity index (χ4n) is 7.82. The van der Waals surface area contributed by atoms with Crippen LogP contribution in [0.5, 0.6) is 11.5 Å². The number of nitrogens with one attached hydrogen (secondary N) is 2. The van der Waals surface area contributed by atoms with Gasteiger partial charge in [0.2, 0.25) is 5.91 Å². The Hall–Kier alpha value is -6.14. The number of amides is 2. The number of carbonyl (C=O) groups is 2. The standard InChI is InChI=1S/C46H49ClF4N6O7S/c1-28(2)43(55-45(59)64-26-29-10-7-6-8-11-29)44(58)56(3)39-21-31(30-12-9-13-33(20-30)46(49,50)51)15-17-37(39)54-38-24-36(48)41(23-35(38)47)65(60,61)57(42-18-19-52-27-53-42)25-32-14-16-34(62-4)22-40(32)63-5/h6-14,16,18-20,22-24,27-28,31,37,39,43,54H,15,17,21,25-26H2,1-5H3,(H,55,59)/t31-,37-,39-,43-/m0/s1. The maximum atomic E-state index is 16.4. The minimum absolute atomic E-state index is 0.00455. The van der Waals surface area contributed by atoms with E-state index in [4.69, 9.17) is 25.8 Å². The summed E-state index contributed by atoms with van der Waals surface area (Å²) in [5, 5.41) is 5.72. The number of hydrogen-bond acceptors (Lipinski definition) is 10. The third-order valence-corrected chi connectivity index (χ3v) is 13.4. The van der Waals surface area contributed by atoms with Crippen molar-refractivity contribution in [1.82, 2.24) is 20.2 Å². The van der Waals surface area contributed by atoms with Crippen molar-refractivity contribution in [3.8, 4) is 11.5 Å². The van der Waals surface area contributed by atoms with E-state index in [0.717, 1.165) is 40.5 Å². The predicted octanol–water partition coefficient (Wildman–Crippen LogP) is 9.23. The van der Waals surface area contributed by atoms with Gasteiger partial charge in [0, 0.05) is 37.0 Å². The van der Waals surface area contributed by atoms with E-state index in [1.165, 1.54) is 44.5 Å². The van der Waals surface area contributed by atoms with Crippen molar-refractivity contribution in [2.45, 2.75) is 81.4 Å². The lowest BCUT2D eigenvalue weighted by molar-refractivity contribution is -0.137. The maximum absolute atomic E-state index is 16.4. The first kappa shape index (κ1) is 48.3. The molecule has 1 aliphatic carbocycles. The molecule has 0 radical (unpaired) electrons. The van der Waals surface area contributed by atoms with Crippen molar-refractivity contribution in [3.05, 3.63) is 137 Å². The number of methoxy groups -OCH3 is 2. The van der Waals surface area contributed by atoms with Gasteiger partial charge in [0.1, 0.15) is 47.0 Å². The minimum Gasteiger partial charge on any atom is -0.497 e. The van der Waals surface area contributed by atoms with Gasteiger partial charge >= 0.3 is 12.3 Å². The normalized spacial score (nSPS) is 16.9. The number of carbonyl (C=O) groups excluding carboxylic acids is 2. The lowest BCUT2D eigenvalue weighted by Gasteiger charge is -2.43. The molecule has 4 atom stereocenters. The number of halogens is 5. The Morgan fingerprint density at radius 2 is 1.71 bits per heavy atom. The molecular weight excluding hydrogens is 892 g/mol. The number of benzene rings is 4. The molecule has 6 rings (SSSR count). The molecule has 4 aromatic carbocycles. The van der Waals surface area contributed by atoms with Crippen LogP contribution in [0, 0.1) is 11.7 Å². The zero-order chi connectivity index (χ0) is 47.1. The molecule has 1 aliphatic rings. The zero-order valence-electron chi connectivity index (χ0n) is 36.2. The summed E-state index contributed by atoms with van der Waals surface area (Å²) in [6.07, 6.45) is -2.12. The van der Waals surface area contributed by atoms with E-state index in [9.17, 15) is 31.2 Å². The van der Waals surface area contributed by atoms with Crippen LogP contribution >= 0.6 is 11.6 Å². The van der Waals surface area contributed by atoms with Crippen molar-refractivity contribution in [3.63, 3.8) is 0 Å². The number of likely N-dealkylation sites (N-methyl/N-ethyl adjacent to an activating group) is 1. The zero-order valence-corrected chi connectivity index (χ0v) is 37.8. The molecule has 13 nitrogen and oxygen atoms in total. The first-order valence-electron chi connectivity index (χ1n) is 20.6. The van der Waals surface area contributed by atoms with Crippen LogP contribution in [0.2, 0.25) is 5.02 Å². The number of hydrogen-bond donors (Lipinski definition) is 2. The molecule has 0 spiro atoms. The topological polar surface area (TPSA) is 152 Å². The molecule has 2 N–H and O–H groups in total. The van der Waals surface area contributed by atoms with Crippen LogP contribution in [-0.4, -0.2) is 74.7 Å². The highest BCUT2D eigenvalue weighted by Gasteiger charge is 2.40. The van der Waals surface area contributed by atoms with Crippen LogP contribution in [0.4, 0.5) is 33.9 Å². The van der Waals surface area contributed by atoms with Gasteiger partial charge in [-0.3, -0.25) is 4.79 Å². The maximum Gasteiger partial charge on any atom is 0.416 e. The van der Waals surface area contributed by atoms with Crippen molar-refractivity contribution < 1.29 is 49.8 Å². The minimum atomic E-state index is -4.74. The second-order valence-corrected chi connectivity index (χ2v) is 18.1. The lowest BCUT2D eigenvalue weighted by atomic mass is 9.77. The average Bonchev–Trinajstić information content (AvgIpc) is 3.30. The van der Waals surface area contributed by atoms with Gasteiger partial charge in [-0.05, 0) is 72.6 Å². The van der Waals surface area contributed by atoms with Crippen molar-refractivity contribution >= 4 is 45.1 Å². The summed E-state index contributed by atoms with van der Waals surface area (Å²) in [7, 11) is -0.335. The summed E-state index contributed by atoms with van der Waals surface area (Å²) < 4.78 is 104. The third kappa shape index (κ3) is 11.6. The van der Waals surface area contributed by atoms with Crippen LogP contribution in [-0.2, 0) is 38.9 Å². The van der Waals surface area contributed by atoms with Crippen molar-refractivity contribution in [1.29, 1.82) is 0 Å². The van der Waals surface area contributed by atoms with E-state index in [2.05, 4.69) is 20.6 Å². The van der Waals surface area contributed by atoms with Crippen LogP contribution in [0.3, 0.4) is 0 Å². The fourth-order valence-corrected chi connectivity index (χ4v) is 9.57. The SMILES string of the molecule is COc1ccc(CN(c2ccncn2)S(=O)(=O)c2cc(Cl)c(N[C@H]3CC[C@H](c4cccc(C(F)(F)F)c4)C[C@@H]3N(C)C(=O)[C@@H](NC(=O)OCc3ccccc3)C(C)C)cc2F)c(OC)c1. The summed E-state index contributed by atoms with van der Waals surface area (Å²) in [5.74, 6) is -1.83. The van der Waals surface area contributed by atoms with Gasteiger partial charge in [-0.1, -0.05) is 74.0 Å². The molecule has 1 fully saturated rings. The number of alkyl carbamates (subject to hydrolysis) is 1. The van der Waals surface area contributed by atoms with E-state index >= 15 is 4.39 Å². The lowest BCUT2D eigenvalue weighted by Crippen LogP contribution is -2.57. The summed E-state index contributed by atoms with van der Waals surface area (Å²) in [6, 6.07) is 19.6. The monoisotopic (exact) mass is 940 g/mol. The molecule has 1 aromatic heterocycles. The molecule has 1 heterocycles. The average molecular weight is 941 g/mol. The van der Waals surface area contributed by atoms with Gasteiger partial charge < -0.3 is 29.7 Å². The van der Waals surface area contributed by atoms with Gasteiger partial charge in [0.05, 0.1) is 43.1 Å². The number of rotatable bonds is 16. The number of anilines is 2. The quantitative estimate of drug-likeness (QED) is 0.0917. The Bertz CT molecular complexity index is 2560. The molecule has 65 heavy (non-hydrogen) atoms. The summed E-state index contributed by atoms with van der Waals surface area (Å²) >= 11 is 6.80. The Morgan fingerprint density at radius 1 is 0.954 bits per heavy atom. The summed E-state index contributed by atoms with van der Waals surface area (Å²) in [4.78, 5) is 36.1. The summed E-state index contributed by atoms with van der Waals surface area (Å²) in [5.41, 5.74) is 0.760. The van der Waals surface area contributed by atoms with Crippen LogP contribution in [0.1, 0.15) is 61.3 Å². The smallest absolute Gasteiger partial charge is 0.416 e. The van der Waals surface area contributed by atoms with E-state index in [1.807, 2.05) is 6.07 Å². The van der Waals surface area contributed by atoms with E-state index in [0.29, 0.717) is 29.0 Å². The van der Waals surface area contributed by atoms with Gasteiger partial charge in [-0.15, -0.1) is 0 Å². The Kier molecular flexibility index (Phi) is 15.5. The van der Waals surface area contributed by atoms with E-state index in [-0.39, 0.29) is 42.5 Å². The molecular formula is C46H49ClF4N6O7S. The molecule has 2 amide bonds. The van der Waals surface area contributed by atoms with Crippen molar-refractivity contribution in [2.24, 2.45) is 5.92 Å². The van der Waals surface area contributed by atoms with Gasteiger partial charge in [-0.2, -0.15) is 13.2 Å². The molecule has 1 saturated carbocycles. The fraction of sp³-hybridized carbons (Fsp3) is 0.348. The highest BCUT2D eigenvalue weighted by Crippen LogP contribution is 2.41. The second kappa shape index (κ2) is 20.8. The highest BCUT2D eigenvalue weighted by atomic mass is 35.5.